The van der Waals surface area contributed by atoms with Crippen molar-refractivity contribution >= 4 is 16.8 Å². The molecular weight excluding hydrogens is 231 g/mol. The van der Waals surface area contributed by atoms with Gasteiger partial charge in [-0.3, -0.25) is 9.78 Å². The van der Waals surface area contributed by atoms with Crippen molar-refractivity contribution in [3.8, 4) is 0 Å². The summed E-state index contributed by atoms with van der Waals surface area (Å²) in [6.45, 7) is 2.66. The van der Waals surface area contributed by atoms with Gasteiger partial charge < -0.3 is 5.32 Å². The number of fused-ring (bicyclic) bond motifs is 1. The fourth-order valence-electron chi connectivity index (χ4n) is 1.76. The summed E-state index contributed by atoms with van der Waals surface area (Å²) < 4.78 is 13.8. The Labute approximate surface area is 105 Å². The highest BCUT2D eigenvalue weighted by molar-refractivity contribution is 5.98. The predicted molar refractivity (Wildman–Crippen MR) is 68.9 cm³/mol. The van der Waals surface area contributed by atoms with E-state index in [-0.39, 0.29) is 5.91 Å². The van der Waals surface area contributed by atoms with E-state index in [1.165, 1.54) is 12.3 Å². The van der Waals surface area contributed by atoms with Crippen LogP contribution in [0.3, 0.4) is 0 Å². The fourth-order valence-corrected chi connectivity index (χ4v) is 1.76. The quantitative estimate of drug-likeness (QED) is 0.843. The van der Waals surface area contributed by atoms with Crippen LogP contribution in [0, 0.1) is 5.82 Å². The maximum Gasteiger partial charge on any atom is 0.251 e. The number of nitrogens with zero attached hydrogens (tertiary/aromatic N) is 1. The van der Waals surface area contributed by atoms with Crippen LogP contribution >= 0.6 is 0 Å². The maximum absolute atomic E-state index is 13.8. The van der Waals surface area contributed by atoms with Gasteiger partial charge in [-0.25, -0.2) is 4.39 Å². The summed E-state index contributed by atoms with van der Waals surface area (Å²) in [5.41, 5.74) is 0.631. The predicted octanol–water partition coefficient (Wildman–Crippen LogP) is 2.90. The van der Waals surface area contributed by atoms with E-state index in [2.05, 4.69) is 10.3 Å². The van der Waals surface area contributed by atoms with Gasteiger partial charge in [-0.15, -0.1) is 0 Å². The maximum atomic E-state index is 13.8. The Kier molecular flexibility index (Phi) is 3.87. The van der Waals surface area contributed by atoms with Crippen molar-refractivity contribution in [1.82, 2.24) is 10.3 Å². The zero-order valence-corrected chi connectivity index (χ0v) is 10.2. The smallest absolute Gasteiger partial charge is 0.251 e. The topological polar surface area (TPSA) is 42.0 Å². The molecule has 1 aromatic carbocycles. The van der Waals surface area contributed by atoms with Gasteiger partial charge in [-0.2, -0.15) is 0 Å². The lowest BCUT2D eigenvalue weighted by molar-refractivity contribution is 0.0953. The normalized spacial score (nSPS) is 10.6. The molecule has 0 unspecified atom stereocenters. The third-order valence-electron chi connectivity index (χ3n) is 2.74. The van der Waals surface area contributed by atoms with E-state index in [1.807, 2.05) is 6.92 Å². The molecule has 0 aliphatic rings. The van der Waals surface area contributed by atoms with Crippen LogP contribution in [0.25, 0.3) is 10.9 Å². The highest BCUT2D eigenvalue weighted by Gasteiger charge is 2.10. The van der Waals surface area contributed by atoms with Crippen molar-refractivity contribution in [2.45, 2.75) is 19.8 Å². The number of hydrogen-bond acceptors (Lipinski definition) is 2. The van der Waals surface area contributed by atoms with Gasteiger partial charge in [0.15, 0.2) is 0 Å². The number of hydrogen-bond donors (Lipinski definition) is 1. The first-order valence-electron chi connectivity index (χ1n) is 6.05. The zero-order chi connectivity index (χ0) is 13.0. The summed E-state index contributed by atoms with van der Waals surface area (Å²) in [4.78, 5) is 15.8. The molecule has 1 amide bonds. The number of halogens is 1. The lowest BCUT2D eigenvalue weighted by Gasteiger charge is -2.06. The van der Waals surface area contributed by atoms with E-state index in [1.54, 1.807) is 18.2 Å². The molecule has 2 aromatic rings. The molecule has 1 N–H and O–H groups in total. The third-order valence-corrected chi connectivity index (χ3v) is 2.74. The second kappa shape index (κ2) is 5.58. The Morgan fingerprint density at radius 3 is 3.06 bits per heavy atom. The van der Waals surface area contributed by atoms with Crippen LogP contribution in [0.15, 0.2) is 30.5 Å². The van der Waals surface area contributed by atoms with E-state index >= 15 is 0 Å². The molecule has 0 bridgehead atoms. The monoisotopic (exact) mass is 246 g/mol. The number of carbonyl (C=O) groups excluding carboxylic acids is 1. The van der Waals surface area contributed by atoms with Gasteiger partial charge in [0.2, 0.25) is 0 Å². The number of aromatic nitrogens is 1. The number of amides is 1. The number of unbranched alkanes of at least 4 members (excludes halogenated alkanes) is 1. The van der Waals surface area contributed by atoms with Crippen LogP contribution in [0.5, 0.6) is 0 Å². The fraction of sp³-hybridized carbons (Fsp3) is 0.286. The van der Waals surface area contributed by atoms with Gasteiger partial charge in [0.25, 0.3) is 5.91 Å². The highest BCUT2D eigenvalue weighted by Crippen LogP contribution is 2.17. The van der Waals surface area contributed by atoms with Crippen LogP contribution in [0.4, 0.5) is 4.39 Å². The van der Waals surface area contributed by atoms with E-state index in [0.29, 0.717) is 23.0 Å². The molecular formula is C14H15FN2O. The van der Waals surface area contributed by atoms with E-state index in [0.717, 1.165) is 12.8 Å². The summed E-state index contributed by atoms with van der Waals surface area (Å²) in [6, 6.07) is 6.36. The molecule has 0 atom stereocenters. The SMILES string of the molecule is CCCCNC(=O)c1cc(F)c2ncccc2c1. The van der Waals surface area contributed by atoms with Crippen molar-refractivity contribution in [2.24, 2.45) is 0 Å². The number of pyridine rings is 1. The molecule has 0 aliphatic heterocycles. The van der Waals surface area contributed by atoms with E-state index in [9.17, 15) is 9.18 Å². The van der Waals surface area contributed by atoms with Crippen LogP contribution < -0.4 is 5.32 Å². The minimum absolute atomic E-state index is 0.242. The van der Waals surface area contributed by atoms with Gasteiger partial charge in [-0.05, 0) is 24.6 Å². The second-order valence-electron chi connectivity index (χ2n) is 4.14. The van der Waals surface area contributed by atoms with Crippen LogP contribution in [-0.4, -0.2) is 17.4 Å². The molecule has 4 heteroatoms. The summed E-state index contributed by atoms with van der Waals surface area (Å²) in [7, 11) is 0. The molecule has 1 heterocycles. The molecule has 0 spiro atoms. The summed E-state index contributed by atoms with van der Waals surface area (Å²) in [5.74, 6) is -0.707. The summed E-state index contributed by atoms with van der Waals surface area (Å²) >= 11 is 0. The Balaban J connectivity index is 2.26. The number of rotatable bonds is 4. The zero-order valence-electron chi connectivity index (χ0n) is 10.2. The van der Waals surface area contributed by atoms with E-state index in [4.69, 9.17) is 0 Å². The Morgan fingerprint density at radius 2 is 2.28 bits per heavy atom. The summed E-state index contributed by atoms with van der Waals surface area (Å²) in [5, 5.41) is 3.40. The first-order valence-corrected chi connectivity index (χ1v) is 6.05. The average molecular weight is 246 g/mol. The molecule has 1 aromatic heterocycles. The summed E-state index contributed by atoms with van der Waals surface area (Å²) in [6.07, 6.45) is 3.46. The van der Waals surface area contributed by atoms with Crippen molar-refractivity contribution < 1.29 is 9.18 Å². The molecule has 94 valence electrons. The number of carbonyl (C=O) groups is 1. The standard InChI is InChI=1S/C14H15FN2O/c1-2-3-6-17-14(18)11-8-10-5-4-7-16-13(10)12(15)9-11/h4-5,7-9H,2-3,6H2,1H3,(H,17,18). The Bertz CT molecular complexity index is 569. The number of nitrogens with one attached hydrogen (secondary N) is 1. The Morgan fingerprint density at radius 1 is 1.44 bits per heavy atom. The first kappa shape index (κ1) is 12.5. The van der Waals surface area contributed by atoms with Crippen molar-refractivity contribution in [1.29, 1.82) is 0 Å². The molecule has 3 nitrogen and oxygen atoms in total. The van der Waals surface area contributed by atoms with Gasteiger partial charge in [0.05, 0.1) is 0 Å². The average Bonchev–Trinajstić information content (AvgIpc) is 2.39. The van der Waals surface area contributed by atoms with Gasteiger partial charge in [-0.1, -0.05) is 19.4 Å². The molecule has 2 rings (SSSR count). The molecule has 0 saturated carbocycles. The van der Waals surface area contributed by atoms with Gasteiger partial charge in [0.1, 0.15) is 11.3 Å². The Hall–Kier alpha value is -1.97. The van der Waals surface area contributed by atoms with Crippen molar-refractivity contribution in [2.75, 3.05) is 6.54 Å². The van der Waals surface area contributed by atoms with Crippen LogP contribution in [0.1, 0.15) is 30.1 Å². The molecule has 0 fully saturated rings. The van der Waals surface area contributed by atoms with Crippen molar-refractivity contribution in [3.05, 3.63) is 41.8 Å². The van der Waals surface area contributed by atoms with E-state index < -0.39 is 5.82 Å². The third kappa shape index (κ3) is 2.64. The number of benzene rings is 1. The first-order chi connectivity index (χ1) is 8.72. The van der Waals surface area contributed by atoms with Crippen LogP contribution in [0.2, 0.25) is 0 Å². The largest absolute Gasteiger partial charge is 0.352 e. The lowest BCUT2D eigenvalue weighted by atomic mass is 10.1. The van der Waals surface area contributed by atoms with Gasteiger partial charge >= 0.3 is 0 Å². The molecule has 0 aliphatic carbocycles. The molecule has 18 heavy (non-hydrogen) atoms. The molecule has 0 saturated heterocycles. The van der Waals surface area contributed by atoms with Crippen LogP contribution in [-0.2, 0) is 0 Å². The second-order valence-corrected chi connectivity index (χ2v) is 4.14. The molecule has 0 radical (unpaired) electrons. The minimum Gasteiger partial charge on any atom is -0.352 e. The highest BCUT2D eigenvalue weighted by atomic mass is 19.1. The van der Waals surface area contributed by atoms with Crippen molar-refractivity contribution in [3.63, 3.8) is 0 Å². The lowest BCUT2D eigenvalue weighted by Crippen LogP contribution is -2.24. The van der Waals surface area contributed by atoms with Gasteiger partial charge in [0, 0.05) is 23.7 Å². The minimum atomic E-state index is -0.464.